The van der Waals surface area contributed by atoms with Crippen molar-refractivity contribution < 1.29 is 28.6 Å². The second kappa shape index (κ2) is 11.0. The van der Waals surface area contributed by atoms with Gasteiger partial charge in [-0.25, -0.2) is 0 Å². The minimum absolute atomic E-state index is 0.0535. The van der Waals surface area contributed by atoms with E-state index in [1.165, 1.54) is 7.11 Å². The maximum atomic E-state index is 12.3. The number of methoxy groups -OCH3 is 2. The molecule has 0 spiro atoms. The van der Waals surface area contributed by atoms with Gasteiger partial charge in [-0.2, -0.15) is 5.10 Å². The lowest BCUT2D eigenvalue weighted by Crippen LogP contribution is -2.32. The van der Waals surface area contributed by atoms with Crippen LogP contribution in [-0.2, 0) is 14.3 Å². The number of carbonyl (C=O) groups is 3. The van der Waals surface area contributed by atoms with E-state index in [2.05, 4.69) is 20.8 Å². The van der Waals surface area contributed by atoms with Crippen molar-refractivity contribution in [1.29, 1.82) is 0 Å². The Morgan fingerprint density at radius 1 is 1.09 bits per heavy atom. The molecule has 3 N–H and O–H groups in total. The molecule has 174 valence electrons. The number of esters is 1. The van der Waals surface area contributed by atoms with E-state index in [4.69, 9.17) is 14.2 Å². The molecule has 10 heteroatoms. The number of H-pyrrole nitrogens is 1. The molecule has 0 saturated heterocycles. The largest absolute Gasteiger partial charge is 0.497 e. The van der Waals surface area contributed by atoms with E-state index in [0.717, 1.165) is 11.1 Å². The van der Waals surface area contributed by atoms with Crippen LogP contribution >= 0.6 is 0 Å². The van der Waals surface area contributed by atoms with Gasteiger partial charge in [-0.05, 0) is 31.2 Å². The third kappa shape index (κ3) is 6.00. The number of carbonyl (C=O) groups excluding carboxylic acids is 3. The first kappa shape index (κ1) is 23.6. The van der Waals surface area contributed by atoms with Crippen molar-refractivity contribution in [3.63, 3.8) is 0 Å². The topological polar surface area (TPSA) is 132 Å². The normalized spacial score (nSPS) is 11.5. The van der Waals surface area contributed by atoms with Crippen LogP contribution in [0.3, 0.4) is 0 Å². The summed E-state index contributed by atoms with van der Waals surface area (Å²) in [4.78, 5) is 36.5. The van der Waals surface area contributed by atoms with Crippen LogP contribution in [0.2, 0.25) is 0 Å². The number of nitrogens with zero attached hydrogens (tertiary/aromatic N) is 1. The average molecular weight is 454 g/mol. The zero-order chi connectivity index (χ0) is 23.8. The number of aromatic amines is 1. The fraction of sp³-hybridized carbons (Fsp3) is 0.304. The van der Waals surface area contributed by atoms with Crippen LogP contribution in [0, 0.1) is 0 Å². The van der Waals surface area contributed by atoms with Gasteiger partial charge in [0.15, 0.2) is 12.3 Å². The molecule has 1 aromatic heterocycles. The van der Waals surface area contributed by atoms with Crippen LogP contribution in [0.15, 0.2) is 42.5 Å². The van der Waals surface area contributed by atoms with Crippen LogP contribution in [0.4, 0.5) is 0 Å². The summed E-state index contributed by atoms with van der Waals surface area (Å²) < 4.78 is 15.5. The number of rotatable bonds is 10. The van der Waals surface area contributed by atoms with E-state index in [0.29, 0.717) is 16.9 Å². The molecule has 1 heterocycles. The van der Waals surface area contributed by atoms with Crippen molar-refractivity contribution in [3.8, 4) is 11.5 Å². The lowest BCUT2D eigenvalue weighted by Gasteiger charge is -2.18. The summed E-state index contributed by atoms with van der Waals surface area (Å²) >= 11 is 0. The van der Waals surface area contributed by atoms with Crippen molar-refractivity contribution in [3.05, 3.63) is 53.7 Å². The Morgan fingerprint density at radius 2 is 1.88 bits per heavy atom. The Balaban J connectivity index is 1.42. The highest BCUT2D eigenvalue weighted by molar-refractivity contribution is 6.04. The number of fused-ring (bicyclic) bond motifs is 1. The standard InChI is InChI=1S/C23H26N4O6/c1-14(17-12-15(31-2)8-9-19(17)32-3)25-20(28)13-33-21(29)10-11-24-23(30)22-16-6-4-5-7-18(16)26-27-22/h4-9,12,14H,10-11,13H2,1-3H3,(H,24,30)(H,25,28)(H,26,27). The molecule has 33 heavy (non-hydrogen) atoms. The van der Waals surface area contributed by atoms with Crippen molar-refractivity contribution in [2.75, 3.05) is 27.4 Å². The molecule has 0 aliphatic rings. The van der Waals surface area contributed by atoms with Gasteiger partial charge in [-0.15, -0.1) is 0 Å². The van der Waals surface area contributed by atoms with Gasteiger partial charge < -0.3 is 24.8 Å². The van der Waals surface area contributed by atoms with Crippen LogP contribution in [0.5, 0.6) is 11.5 Å². The van der Waals surface area contributed by atoms with Gasteiger partial charge in [0.2, 0.25) is 0 Å². The molecule has 10 nitrogen and oxygen atoms in total. The molecule has 0 aliphatic carbocycles. The van der Waals surface area contributed by atoms with Crippen LogP contribution in [0.25, 0.3) is 10.9 Å². The Kier molecular flexibility index (Phi) is 7.85. The first-order chi connectivity index (χ1) is 15.9. The van der Waals surface area contributed by atoms with Gasteiger partial charge in [-0.3, -0.25) is 19.5 Å². The molecule has 3 rings (SSSR count). The summed E-state index contributed by atoms with van der Waals surface area (Å²) in [7, 11) is 3.09. The molecular weight excluding hydrogens is 428 g/mol. The molecule has 2 aromatic carbocycles. The maximum Gasteiger partial charge on any atom is 0.308 e. The summed E-state index contributed by atoms with van der Waals surface area (Å²) in [6.45, 7) is 1.40. The van der Waals surface area contributed by atoms with Crippen LogP contribution in [-0.4, -0.2) is 55.4 Å². The molecule has 1 unspecified atom stereocenters. The third-order valence-corrected chi connectivity index (χ3v) is 4.95. The van der Waals surface area contributed by atoms with E-state index >= 15 is 0 Å². The zero-order valence-electron chi connectivity index (χ0n) is 18.6. The third-order valence-electron chi connectivity index (χ3n) is 4.95. The van der Waals surface area contributed by atoms with Crippen molar-refractivity contribution in [2.24, 2.45) is 0 Å². The second-order valence-electron chi connectivity index (χ2n) is 7.18. The fourth-order valence-electron chi connectivity index (χ4n) is 3.26. The van der Waals surface area contributed by atoms with E-state index in [1.807, 2.05) is 18.2 Å². The number of hydrogen-bond acceptors (Lipinski definition) is 7. The van der Waals surface area contributed by atoms with Crippen LogP contribution in [0.1, 0.15) is 35.4 Å². The van der Waals surface area contributed by atoms with Gasteiger partial charge in [0, 0.05) is 17.5 Å². The van der Waals surface area contributed by atoms with E-state index in [1.54, 1.807) is 38.3 Å². The SMILES string of the molecule is COc1ccc(OC)c(C(C)NC(=O)COC(=O)CCNC(=O)c2n[nH]c3ccccc23)c1. The quantitative estimate of drug-likeness (QED) is 0.400. The average Bonchev–Trinajstić information content (AvgIpc) is 3.26. The first-order valence-corrected chi connectivity index (χ1v) is 10.3. The highest BCUT2D eigenvalue weighted by atomic mass is 16.5. The maximum absolute atomic E-state index is 12.3. The number of para-hydroxylation sites is 1. The van der Waals surface area contributed by atoms with Crippen molar-refractivity contribution in [1.82, 2.24) is 20.8 Å². The minimum atomic E-state index is -0.607. The molecule has 0 saturated carbocycles. The Morgan fingerprint density at radius 3 is 2.64 bits per heavy atom. The second-order valence-corrected chi connectivity index (χ2v) is 7.18. The lowest BCUT2D eigenvalue weighted by molar-refractivity contribution is -0.148. The summed E-state index contributed by atoms with van der Waals surface area (Å²) in [6, 6.07) is 12.1. The van der Waals surface area contributed by atoms with E-state index in [9.17, 15) is 14.4 Å². The molecule has 1 atom stereocenters. The number of hydrogen-bond donors (Lipinski definition) is 3. The van der Waals surface area contributed by atoms with Crippen molar-refractivity contribution in [2.45, 2.75) is 19.4 Å². The van der Waals surface area contributed by atoms with Gasteiger partial charge in [0.05, 0.1) is 32.2 Å². The van der Waals surface area contributed by atoms with Gasteiger partial charge in [-0.1, -0.05) is 18.2 Å². The highest BCUT2D eigenvalue weighted by Crippen LogP contribution is 2.29. The van der Waals surface area contributed by atoms with Crippen LogP contribution < -0.4 is 20.1 Å². The Hall–Kier alpha value is -4.08. The number of benzene rings is 2. The number of aromatic nitrogens is 2. The predicted molar refractivity (Wildman–Crippen MR) is 120 cm³/mol. The smallest absolute Gasteiger partial charge is 0.308 e. The number of amides is 2. The highest BCUT2D eigenvalue weighted by Gasteiger charge is 2.17. The predicted octanol–water partition coefficient (Wildman–Crippen LogP) is 2.12. The molecule has 0 radical (unpaired) electrons. The van der Waals surface area contributed by atoms with E-state index in [-0.39, 0.29) is 18.7 Å². The minimum Gasteiger partial charge on any atom is -0.497 e. The summed E-state index contributed by atoms with van der Waals surface area (Å²) in [5.74, 6) is -0.250. The summed E-state index contributed by atoms with van der Waals surface area (Å²) in [5.41, 5.74) is 1.72. The monoisotopic (exact) mass is 454 g/mol. The molecular formula is C23H26N4O6. The first-order valence-electron chi connectivity index (χ1n) is 10.3. The lowest BCUT2D eigenvalue weighted by atomic mass is 10.1. The summed E-state index contributed by atoms with van der Waals surface area (Å²) in [6.07, 6.45) is -0.0827. The molecule has 0 fully saturated rings. The Bertz CT molecular complexity index is 1140. The number of nitrogens with one attached hydrogen (secondary N) is 3. The molecule has 3 aromatic rings. The van der Waals surface area contributed by atoms with Gasteiger partial charge in [0.1, 0.15) is 11.5 Å². The van der Waals surface area contributed by atoms with Gasteiger partial charge >= 0.3 is 5.97 Å². The van der Waals surface area contributed by atoms with Gasteiger partial charge in [0.25, 0.3) is 11.8 Å². The van der Waals surface area contributed by atoms with E-state index < -0.39 is 30.4 Å². The Labute approximate surface area is 190 Å². The summed E-state index contributed by atoms with van der Waals surface area (Å²) in [5, 5.41) is 12.9. The molecule has 2 amide bonds. The number of ether oxygens (including phenoxy) is 3. The molecule has 0 bridgehead atoms. The molecule has 0 aliphatic heterocycles. The zero-order valence-corrected chi connectivity index (χ0v) is 18.6. The van der Waals surface area contributed by atoms with Crippen molar-refractivity contribution >= 4 is 28.7 Å². The fourth-order valence-corrected chi connectivity index (χ4v) is 3.26.